The van der Waals surface area contributed by atoms with Gasteiger partial charge in [-0.2, -0.15) is 0 Å². The SMILES string of the molecule is Cc1ccc(CC(=O)OCC(=O)N[C@@H](C)c2ccc(S(N)(=O)=O)cc2)cc1C. The monoisotopic (exact) mass is 404 g/mol. The van der Waals surface area contributed by atoms with Gasteiger partial charge in [-0.3, -0.25) is 9.59 Å². The Balaban J connectivity index is 1.84. The average molecular weight is 404 g/mol. The van der Waals surface area contributed by atoms with Gasteiger partial charge < -0.3 is 10.1 Å². The summed E-state index contributed by atoms with van der Waals surface area (Å²) >= 11 is 0. The molecule has 28 heavy (non-hydrogen) atoms. The molecule has 0 radical (unpaired) electrons. The number of hydrogen-bond donors (Lipinski definition) is 2. The summed E-state index contributed by atoms with van der Waals surface area (Å²) in [6.45, 7) is 5.31. The van der Waals surface area contributed by atoms with Crippen LogP contribution in [0.25, 0.3) is 0 Å². The van der Waals surface area contributed by atoms with Crippen molar-refractivity contribution in [2.45, 2.75) is 38.1 Å². The molecule has 0 saturated heterocycles. The minimum atomic E-state index is -3.76. The number of amides is 1. The number of ether oxygens (including phenoxy) is 1. The van der Waals surface area contributed by atoms with Crippen molar-refractivity contribution in [1.82, 2.24) is 5.32 Å². The van der Waals surface area contributed by atoms with Gasteiger partial charge in [-0.15, -0.1) is 0 Å². The van der Waals surface area contributed by atoms with Gasteiger partial charge in [-0.25, -0.2) is 13.6 Å². The normalized spacial score (nSPS) is 12.3. The number of carbonyl (C=O) groups excluding carboxylic acids is 2. The van der Waals surface area contributed by atoms with Gasteiger partial charge in [0.1, 0.15) is 0 Å². The lowest BCUT2D eigenvalue weighted by atomic mass is 10.0. The smallest absolute Gasteiger partial charge is 0.310 e. The summed E-state index contributed by atoms with van der Waals surface area (Å²) in [6, 6.07) is 11.2. The molecular weight excluding hydrogens is 380 g/mol. The van der Waals surface area contributed by atoms with Crippen LogP contribution < -0.4 is 10.5 Å². The van der Waals surface area contributed by atoms with Crippen LogP contribution in [-0.2, 0) is 30.8 Å². The van der Waals surface area contributed by atoms with E-state index in [2.05, 4.69) is 5.32 Å². The first-order valence-corrected chi connectivity index (χ1v) is 10.2. The van der Waals surface area contributed by atoms with Crippen molar-refractivity contribution < 1.29 is 22.7 Å². The Hall–Kier alpha value is -2.71. The summed E-state index contributed by atoms with van der Waals surface area (Å²) in [5.74, 6) is -0.931. The lowest BCUT2D eigenvalue weighted by molar-refractivity contribution is -0.148. The molecular formula is C20H24N2O5S. The molecule has 0 aliphatic carbocycles. The number of nitrogens with two attached hydrogens (primary N) is 1. The van der Waals surface area contributed by atoms with E-state index in [4.69, 9.17) is 9.88 Å². The number of benzene rings is 2. The highest BCUT2D eigenvalue weighted by molar-refractivity contribution is 7.89. The molecule has 150 valence electrons. The van der Waals surface area contributed by atoms with Crippen molar-refractivity contribution >= 4 is 21.9 Å². The molecule has 2 rings (SSSR count). The largest absolute Gasteiger partial charge is 0.455 e. The minimum Gasteiger partial charge on any atom is -0.455 e. The van der Waals surface area contributed by atoms with Crippen LogP contribution in [0.5, 0.6) is 0 Å². The Morgan fingerprint density at radius 3 is 2.29 bits per heavy atom. The molecule has 0 aromatic heterocycles. The van der Waals surface area contributed by atoms with Crippen LogP contribution in [0.1, 0.15) is 35.2 Å². The summed E-state index contributed by atoms with van der Waals surface area (Å²) < 4.78 is 27.6. The zero-order chi connectivity index (χ0) is 20.9. The second-order valence-corrected chi connectivity index (χ2v) is 8.22. The minimum absolute atomic E-state index is 0.00458. The number of rotatable bonds is 7. The average Bonchev–Trinajstić information content (AvgIpc) is 2.62. The zero-order valence-corrected chi connectivity index (χ0v) is 16.9. The first kappa shape index (κ1) is 21.6. The molecule has 1 atom stereocenters. The highest BCUT2D eigenvalue weighted by Gasteiger charge is 2.14. The summed E-state index contributed by atoms with van der Waals surface area (Å²) in [5, 5.41) is 7.75. The fraction of sp³-hybridized carbons (Fsp3) is 0.300. The van der Waals surface area contributed by atoms with E-state index in [0.29, 0.717) is 5.56 Å². The van der Waals surface area contributed by atoms with Gasteiger partial charge in [0.05, 0.1) is 17.4 Å². The number of nitrogens with one attached hydrogen (secondary N) is 1. The first-order valence-electron chi connectivity index (χ1n) is 8.70. The molecule has 0 aliphatic heterocycles. The van der Waals surface area contributed by atoms with Crippen molar-refractivity contribution in [3.8, 4) is 0 Å². The van der Waals surface area contributed by atoms with Gasteiger partial charge in [-0.1, -0.05) is 30.3 Å². The van der Waals surface area contributed by atoms with Gasteiger partial charge in [0.15, 0.2) is 6.61 Å². The number of aryl methyl sites for hydroxylation is 2. The second-order valence-electron chi connectivity index (χ2n) is 6.66. The predicted octanol–water partition coefficient (Wildman–Crippen LogP) is 1.91. The summed E-state index contributed by atoms with van der Waals surface area (Å²) in [6.07, 6.45) is 0.0962. The van der Waals surface area contributed by atoms with Gasteiger partial charge in [0, 0.05) is 0 Å². The van der Waals surface area contributed by atoms with Crippen molar-refractivity contribution in [3.63, 3.8) is 0 Å². The predicted molar refractivity (Wildman–Crippen MR) is 105 cm³/mol. The Morgan fingerprint density at radius 1 is 1.07 bits per heavy atom. The Bertz CT molecular complexity index is 969. The molecule has 0 fully saturated rings. The molecule has 2 aromatic rings. The van der Waals surface area contributed by atoms with Gasteiger partial charge in [-0.05, 0) is 55.2 Å². The van der Waals surface area contributed by atoms with Crippen molar-refractivity contribution in [1.29, 1.82) is 0 Å². The molecule has 0 bridgehead atoms. The summed E-state index contributed by atoms with van der Waals surface area (Å²) in [7, 11) is -3.76. The number of esters is 1. The Kier molecular flexibility index (Phi) is 6.93. The molecule has 2 aromatic carbocycles. The van der Waals surface area contributed by atoms with Crippen LogP contribution >= 0.6 is 0 Å². The summed E-state index contributed by atoms with van der Waals surface area (Å²) in [4.78, 5) is 23.9. The van der Waals surface area contributed by atoms with Gasteiger partial charge in [0.25, 0.3) is 5.91 Å². The van der Waals surface area contributed by atoms with E-state index < -0.39 is 21.9 Å². The van der Waals surface area contributed by atoms with E-state index in [0.717, 1.165) is 16.7 Å². The zero-order valence-electron chi connectivity index (χ0n) is 16.1. The molecule has 0 saturated carbocycles. The Labute approximate surface area is 164 Å². The van der Waals surface area contributed by atoms with Crippen LogP contribution in [0, 0.1) is 13.8 Å². The number of hydrogen-bond acceptors (Lipinski definition) is 5. The second kappa shape index (κ2) is 8.99. The van der Waals surface area contributed by atoms with Gasteiger partial charge >= 0.3 is 5.97 Å². The first-order chi connectivity index (χ1) is 13.1. The lowest BCUT2D eigenvalue weighted by Crippen LogP contribution is -2.31. The Morgan fingerprint density at radius 2 is 1.71 bits per heavy atom. The fourth-order valence-electron chi connectivity index (χ4n) is 2.59. The van der Waals surface area contributed by atoms with Gasteiger partial charge in [0.2, 0.25) is 10.0 Å². The van der Waals surface area contributed by atoms with E-state index in [1.165, 1.54) is 12.1 Å². The maximum Gasteiger partial charge on any atom is 0.310 e. The van der Waals surface area contributed by atoms with E-state index in [1.807, 2.05) is 32.0 Å². The van der Waals surface area contributed by atoms with Crippen molar-refractivity contribution in [2.75, 3.05) is 6.61 Å². The topological polar surface area (TPSA) is 116 Å². The molecule has 0 aliphatic rings. The molecule has 8 heteroatoms. The van der Waals surface area contributed by atoms with E-state index in [-0.39, 0.29) is 24.0 Å². The van der Waals surface area contributed by atoms with Crippen LogP contribution in [-0.4, -0.2) is 26.9 Å². The van der Waals surface area contributed by atoms with E-state index in [1.54, 1.807) is 19.1 Å². The third kappa shape index (κ3) is 6.17. The maximum absolute atomic E-state index is 12.0. The standard InChI is InChI=1S/C20H24N2O5S/c1-13-4-5-16(10-14(13)2)11-20(24)27-12-19(23)22-15(3)17-6-8-18(9-7-17)28(21,25)26/h4-10,15H,11-12H2,1-3H3,(H,22,23)(H2,21,25,26)/t15-/m0/s1. The maximum atomic E-state index is 12.0. The fourth-order valence-corrected chi connectivity index (χ4v) is 3.11. The molecule has 3 N–H and O–H groups in total. The van der Waals surface area contributed by atoms with Crippen LogP contribution in [0.2, 0.25) is 0 Å². The molecule has 0 spiro atoms. The number of primary sulfonamides is 1. The van der Waals surface area contributed by atoms with E-state index >= 15 is 0 Å². The number of sulfonamides is 1. The molecule has 7 nitrogen and oxygen atoms in total. The van der Waals surface area contributed by atoms with Crippen LogP contribution in [0.4, 0.5) is 0 Å². The van der Waals surface area contributed by atoms with Crippen molar-refractivity contribution in [2.24, 2.45) is 5.14 Å². The van der Waals surface area contributed by atoms with Crippen LogP contribution in [0.3, 0.4) is 0 Å². The third-order valence-corrected chi connectivity index (χ3v) is 5.30. The van der Waals surface area contributed by atoms with Crippen molar-refractivity contribution in [3.05, 3.63) is 64.7 Å². The highest BCUT2D eigenvalue weighted by Crippen LogP contribution is 2.15. The number of carbonyl (C=O) groups is 2. The molecule has 0 heterocycles. The lowest BCUT2D eigenvalue weighted by Gasteiger charge is -2.15. The summed E-state index contributed by atoms with van der Waals surface area (Å²) in [5.41, 5.74) is 3.76. The quantitative estimate of drug-likeness (QED) is 0.684. The highest BCUT2D eigenvalue weighted by atomic mass is 32.2. The molecule has 1 amide bonds. The molecule has 0 unspecified atom stereocenters. The third-order valence-electron chi connectivity index (χ3n) is 4.37. The van der Waals surface area contributed by atoms with E-state index in [9.17, 15) is 18.0 Å². The van der Waals surface area contributed by atoms with Crippen LogP contribution in [0.15, 0.2) is 47.4 Å².